The van der Waals surface area contributed by atoms with Gasteiger partial charge in [0.25, 0.3) is 0 Å². The van der Waals surface area contributed by atoms with E-state index in [1.807, 2.05) is 49.4 Å². The number of rotatable bonds is 4. The summed E-state index contributed by atoms with van der Waals surface area (Å²) in [6.45, 7) is 6.26. The topological polar surface area (TPSA) is 55.5 Å². The van der Waals surface area contributed by atoms with Crippen molar-refractivity contribution in [1.82, 2.24) is 0 Å². The predicted molar refractivity (Wildman–Crippen MR) is 103 cm³/mol. The van der Waals surface area contributed by atoms with Crippen molar-refractivity contribution in [2.24, 2.45) is 5.73 Å². The summed E-state index contributed by atoms with van der Waals surface area (Å²) < 4.78 is 5.94. The van der Waals surface area contributed by atoms with Gasteiger partial charge in [0.1, 0.15) is 17.2 Å². The van der Waals surface area contributed by atoms with Crippen molar-refractivity contribution < 1.29 is 9.84 Å². The first kappa shape index (κ1) is 16.8. The van der Waals surface area contributed by atoms with Crippen molar-refractivity contribution in [2.75, 3.05) is 6.54 Å². The van der Waals surface area contributed by atoms with Gasteiger partial charge in [-0.1, -0.05) is 54.7 Å². The minimum Gasteiger partial charge on any atom is -0.508 e. The van der Waals surface area contributed by atoms with Gasteiger partial charge in [-0.05, 0) is 36.3 Å². The van der Waals surface area contributed by atoms with E-state index in [9.17, 15) is 5.11 Å². The molecule has 1 aliphatic heterocycles. The minimum atomic E-state index is 0.186. The lowest BCUT2D eigenvalue weighted by Gasteiger charge is -2.23. The lowest BCUT2D eigenvalue weighted by Crippen LogP contribution is -2.02. The smallest absolute Gasteiger partial charge is 0.138 e. The number of ether oxygens (including phenoxy) is 1. The van der Waals surface area contributed by atoms with Crippen LogP contribution in [0.25, 0.3) is 5.57 Å². The molecule has 3 nitrogen and oxygen atoms in total. The monoisotopic (exact) mass is 331 g/mol. The number of allylic oxidation sites excluding steroid dienone is 4. The Morgan fingerprint density at radius 1 is 1.12 bits per heavy atom. The number of hydrogen-bond donors (Lipinski definition) is 2. The van der Waals surface area contributed by atoms with E-state index >= 15 is 0 Å². The van der Waals surface area contributed by atoms with E-state index in [0.717, 1.165) is 33.6 Å². The molecule has 1 aliphatic rings. The van der Waals surface area contributed by atoms with Crippen LogP contribution in [0.1, 0.15) is 18.1 Å². The number of aromatic hydroxyl groups is 1. The highest BCUT2D eigenvalue weighted by Crippen LogP contribution is 2.44. The average Bonchev–Trinajstić information content (AvgIpc) is 2.62. The third-order valence-corrected chi connectivity index (χ3v) is 4.08. The van der Waals surface area contributed by atoms with Crippen molar-refractivity contribution in [1.29, 1.82) is 0 Å². The summed E-state index contributed by atoms with van der Waals surface area (Å²) in [6.07, 6.45) is 7.88. The molecule has 3 rings (SSSR count). The van der Waals surface area contributed by atoms with Gasteiger partial charge in [0.05, 0.1) is 0 Å². The number of phenols is 1. The third kappa shape index (κ3) is 3.57. The molecule has 1 heterocycles. The van der Waals surface area contributed by atoms with Gasteiger partial charge in [0, 0.05) is 23.7 Å². The van der Waals surface area contributed by atoms with E-state index in [2.05, 4.69) is 12.7 Å². The lowest BCUT2D eigenvalue weighted by molar-refractivity contribution is 0.451. The van der Waals surface area contributed by atoms with Gasteiger partial charge in [0.15, 0.2) is 0 Å². The molecule has 0 unspecified atom stereocenters. The van der Waals surface area contributed by atoms with Gasteiger partial charge >= 0.3 is 0 Å². The zero-order chi connectivity index (χ0) is 17.8. The molecule has 0 radical (unpaired) electrons. The maximum Gasteiger partial charge on any atom is 0.138 e. The Labute approximate surface area is 148 Å². The molecule has 2 aromatic rings. The Hall–Kier alpha value is -3.04. The van der Waals surface area contributed by atoms with Gasteiger partial charge in [-0.3, -0.25) is 0 Å². The van der Waals surface area contributed by atoms with E-state index < -0.39 is 0 Å². The van der Waals surface area contributed by atoms with Gasteiger partial charge in [-0.15, -0.1) is 0 Å². The van der Waals surface area contributed by atoms with Crippen LogP contribution in [0.15, 0.2) is 84.5 Å². The van der Waals surface area contributed by atoms with E-state index in [1.165, 1.54) is 0 Å². The molecule has 2 aromatic carbocycles. The fourth-order valence-corrected chi connectivity index (χ4v) is 2.75. The van der Waals surface area contributed by atoms with Crippen LogP contribution >= 0.6 is 0 Å². The molecule has 0 aliphatic carbocycles. The van der Waals surface area contributed by atoms with Gasteiger partial charge in [-0.2, -0.15) is 0 Å². The molecule has 3 N–H and O–H groups in total. The molecule has 0 amide bonds. The van der Waals surface area contributed by atoms with Crippen LogP contribution in [-0.4, -0.2) is 11.7 Å². The number of benzene rings is 2. The van der Waals surface area contributed by atoms with Crippen LogP contribution in [0.4, 0.5) is 0 Å². The Morgan fingerprint density at radius 2 is 1.88 bits per heavy atom. The molecule has 0 atom stereocenters. The summed E-state index contributed by atoms with van der Waals surface area (Å²) in [5, 5.41) is 9.76. The molecule has 0 saturated carbocycles. The fourth-order valence-electron chi connectivity index (χ4n) is 2.75. The second-order valence-electron chi connectivity index (χ2n) is 5.90. The summed E-state index contributed by atoms with van der Waals surface area (Å²) in [5.74, 6) is 1.62. The molecule has 25 heavy (non-hydrogen) atoms. The van der Waals surface area contributed by atoms with Crippen LogP contribution in [0.3, 0.4) is 0 Å². The highest BCUT2D eigenvalue weighted by Gasteiger charge is 2.21. The van der Waals surface area contributed by atoms with E-state index in [4.69, 9.17) is 10.5 Å². The van der Waals surface area contributed by atoms with Crippen molar-refractivity contribution in [3.05, 3.63) is 95.6 Å². The highest BCUT2D eigenvalue weighted by atomic mass is 16.5. The Bertz CT molecular complexity index is 904. The first-order valence-corrected chi connectivity index (χ1v) is 8.14. The normalized spacial score (nSPS) is 15.4. The first-order chi connectivity index (χ1) is 12.1. The Kier molecular flexibility index (Phi) is 4.87. The summed E-state index contributed by atoms with van der Waals surface area (Å²) in [6, 6.07) is 13.1. The Balaban J connectivity index is 2.10. The standard InChI is InChI=1S/C22H21NO2/c1-3-16(14-23)9-8-15(2)12-20-18-6-4-5-7-21(18)25-22-13-17(24)10-11-19(20)22/h3-13,24H,1,14,23H2,2H3/b15-8+,16-9+,20-12+. The molecule has 0 bridgehead atoms. The number of para-hydroxylation sites is 1. The van der Waals surface area contributed by atoms with Gasteiger partial charge in [-0.25, -0.2) is 0 Å². The molecule has 0 saturated heterocycles. The summed E-state index contributed by atoms with van der Waals surface area (Å²) in [7, 11) is 0. The number of fused-ring (bicyclic) bond motifs is 2. The molecule has 0 spiro atoms. The highest BCUT2D eigenvalue weighted by molar-refractivity contribution is 5.89. The molecule has 126 valence electrons. The number of nitrogens with two attached hydrogens (primary N) is 1. The second-order valence-corrected chi connectivity index (χ2v) is 5.90. The van der Waals surface area contributed by atoms with E-state index in [1.54, 1.807) is 18.2 Å². The zero-order valence-electron chi connectivity index (χ0n) is 14.2. The predicted octanol–water partition coefficient (Wildman–Crippen LogP) is 4.95. The fraction of sp³-hybridized carbons (Fsp3) is 0.0909. The van der Waals surface area contributed by atoms with Crippen LogP contribution in [-0.2, 0) is 0 Å². The number of hydrogen-bond acceptors (Lipinski definition) is 3. The Morgan fingerprint density at radius 3 is 2.64 bits per heavy atom. The van der Waals surface area contributed by atoms with Crippen LogP contribution in [0.2, 0.25) is 0 Å². The molecule has 3 heteroatoms. The summed E-state index contributed by atoms with van der Waals surface area (Å²) in [5.41, 5.74) is 10.8. The molecule has 0 aromatic heterocycles. The van der Waals surface area contributed by atoms with Gasteiger partial charge < -0.3 is 15.6 Å². The number of phenolic OH excluding ortho intramolecular Hbond substituents is 1. The quantitative estimate of drug-likeness (QED) is 0.665. The lowest BCUT2D eigenvalue weighted by atomic mass is 9.92. The van der Waals surface area contributed by atoms with E-state index in [0.29, 0.717) is 12.3 Å². The minimum absolute atomic E-state index is 0.186. The molecular weight excluding hydrogens is 310 g/mol. The van der Waals surface area contributed by atoms with Crippen molar-refractivity contribution in [2.45, 2.75) is 6.92 Å². The zero-order valence-corrected chi connectivity index (χ0v) is 14.2. The average molecular weight is 331 g/mol. The van der Waals surface area contributed by atoms with Crippen molar-refractivity contribution in [3.8, 4) is 17.2 Å². The van der Waals surface area contributed by atoms with Crippen LogP contribution < -0.4 is 10.5 Å². The van der Waals surface area contributed by atoms with Crippen LogP contribution in [0.5, 0.6) is 17.2 Å². The summed E-state index contributed by atoms with van der Waals surface area (Å²) in [4.78, 5) is 0. The van der Waals surface area contributed by atoms with Crippen LogP contribution in [0, 0.1) is 0 Å². The van der Waals surface area contributed by atoms with Gasteiger partial charge in [0.2, 0.25) is 0 Å². The largest absolute Gasteiger partial charge is 0.508 e. The van der Waals surface area contributed by atoms with Crippen molar-refractivity contribution >= 4 is 5.57 Å². The molecular formula is C22H21NO2. The maximum atomic E-state index is 9.76. The van der Waals surface area contributed by atoms with E-state index in [-0.39, 0.29) is 5.75 Å². The second kappa shape index (κ2) is 7.24. The SMILES string of the molecule is C=C\C(=C/C=C(C)/C=C1\c2ccccc2Oc2cc(O)ccc21)CN. The first-order valence-electron chi connectivity index (χ1n) is 8.14. The summed E-state index contributed by atoms with van der Waals surface area (Å²) >= 11 is 0. The van der Waals surface area contributed by atoms with Crippen molar-refractivity contribution in [3.63, 3.8) is 0 Å². The molecule has 0 fully saturated rings. The third-order valence-electron chi connectivity index (χ3n) is 4.08. The maximum absolute atomic E-state index is 9.76.